The highest BCUT2D eigenvalue weighted by molar-refractivity contribution is 7.07. The van der Waals surface area contributed by atoms with Gasteiger partial charge in [-0.1, -0.05) is 6.92 Å². The molecule has 1 N–H and O–H groups in total. The molecule has 1 aromatic carbocycles. The number of ether oxygens (including phenoxy) is 1. The van der Waals surface area contributed by atoms with Crippen LogP contribution in [0.3, 0.4) is 0 Å². The van der Waals surface area contributed by atoms with E-state index in [0.717, 1.165) is 24.2 Å². The molecule has 0 radical (unpaired) electrons. The highest BCUT2D eigenvalue weighted by Crippen LogP contribution is 2.27. The summed E-state index contributed by atoms with van der Waals surface area (Å²) in [4.78, 5) is 4.18. The van der Waals surface area contributed by atoms with Crippen LogP contribution in [0, 0.1) is 5.82 Å². The lowest BCUT2D eigenvalue weighted by Gasteiger charge is -2.18. The van der Waals surface area contributed by atoms with Crippen molar-refractivity contribution in [3.8, 4) is 5.75 Å². The van der Waals surface area contributed by atoms with E-state index in [-0.39, 0.29) is 11.9 Å². The number of nitrogens with one attached hydrogen (secondary N) is 1. The monoisotopic (exact) mass is 294 g/mol. The van der Waals surface area contributed by atoms with Crippen LogP contribution in [0.2, 0.25) is 0 Å². The highest BCUT2D eigenvalue weighted by Gasteiger charge is 2.13. The lowest BCUT2D eigenvalue weighted by Crippen LogP contribution is -2.20. The molecule has 0 saturated carbocycles. The minimum atomic E-state index is -0.244. The van der Waals surface area contributed by atoms with Crippen LogP contribution in [0.1, 0.15) is 37.6 Å². The molecule has 20 heavy (non-hydrogen) atoms. The Hall–Kier alpha value is -1.46. The van der Waals surface area contributed by atoms with Crippen LogP contribution in [-0.4, -0.2) is 11.5 Å². The van der Waals surface area contributed by atoms with Crippen LogP contribution in [0.5, 0.6) is 5.75 Å². The van der Waals surface area contributed by atoms with E-state index in [1.807, 2.05) is 12.3 Å². The first-order valence-corrected chi connectivity index (χ1v) is 7.67. The van der Waals surface area contributed by atoms with Crippen LogP contribution in [-0.2, 0) is 6.61 Å². The maximum Gasteiger partial charge on any atom is 0.131 e. The van der Waals surface area contributed by atoms with Crippen LogP contribution < -0.4 is 10.1 Å². The van der Waals surface area contributed by atoms with Gasteiger partial charge in [0.2, 0.25) is 0 Å². The first-order valence-electron chi connectivity index (χ1n) is 6.73. The van der Waals surface area contributed by atoms with Gasteiger partial charge in [-0.25, -0.2) is 9.37 Å². The molecule has 1 aromatic heterocycles. The van der Waals surface area contributed by atoms with Crippen LogP contribution in [0.4, 0.5) is 4.39 Å². The number of hydrogen-bond donors (Lipinski definition) is 1. The third kappa shape index (κ3) is 4.02. The molecule has 108 valence electrons. The summed E-state index contributed by atoms with van der Waals surface area (Å²) in [5.74, 6) is 0.460. The quantitative estimate of drug-likeness (QED) is 0.840. The minimum absolute atomic E-state index is 0.0519. The number of aromatic nitrogens is 1. The molecule has 0 aliphatic carbocycles. The van der Waals surface area contributed by atoms with Gasteiger partial charge in [0.05, 0.1) is 11.2 Å². The van der Waals surface area contributed by atoms with E-state index in [0.29, 0.717) is 12.4 Å². The Morgan fingerprint density at radius 3 is 3.00 bits per heavy atom. The molecule has 0 saturated heterocycles. The lowest BCUT2D eigenvalue weighted by atomic mass is 10.1. The van der Waals surface area contributed by atoms with Crippen molar-refractivity contribution in [2.24, 2.45) is 0 Å². The van der Waals surface area contributed by atoms with Gasteiger partial charge in [0, 0.05) is 17.0 Å². The Labute approximate surface area is 122 Å². The van der Waals surface area contributed by atoms with Crippen molar-refractivity contribution in [2.75, 3.05) is 6.54 Å². The van der Waals surface area contributed by atoms with E-state index >= 15 is 0 Å². The SMILES string of the molecule is CCCNC(C)c1cc(F)ccc1OCc1cscn1. The predicted octanol–water partition coefficient (Wildman–Crippen LogP) is 3.92. The summed E-state index contributed by atoms with van der Waals surface area (Å²) in [5.41, 5.74) is 3.50. The molecule has 5 heteroatoms. The Kier molecular flexibility index (Phi) is 5.49. The summed E-state index contributed by atoms with van der Waals surface area (Å²) < 4.78 is 19.2. The minimum Gasteiger partial charge on any atom is -0.487 e. The number of halogens is 1. The fraction of sp³-hybridized carbons (Fsp3) is 0.400. The Balaban J connectivity index is 2.10. The maximum atomic E-state index is 13.4. The van der Waals surface area contributed by atoms with E-state index in [1.54, 1.807) is 11.6 Å². The Bertz CT molecular complexity index is 531. The maximum absolute atomic E-state index is 13.4. The molecule has 1 atom stereocenters. The average molecular weight is 294 g/mol. The molecule has 0 aliphatic rings. The summed E-state index contributed by atoms with van der Waals surface area (Å²) in [5, 5.41) is 5.30. The number of hydrogen-bond acceptors (Lipinski definition) is 4. The third-order valence-corrected chi connectivity index (χ3v) is 3.63. The van der Waals surface area contributed by atoms with Gasteiger partial charge in [-0.15, -0.1) is 11.3 Å². The van der Waals surface area contributed by atoms with Crippen molar-refractivity contribution in [2.45, 2.75) is 32.9 Å². The van der Waals surface area contributed by atoms with Gasteiger partial charge >= 0.3 is 0 Å². The molecule has 0 amide bonds. The molecular formula is C15H19FN2OS. The molecule has 1 unspecified atom stereocenters. The van der Waals surface area contributed by atoms with Crippen LogP contribution in [0.15, 0.2) is 29.1 Å². The summed E-state index contributed by atoms with van der Waals surface area (Å²) in [7, 11) is 0. The van der Waals surface area contributed by atoms with Crippen molar-refractivity contribution in [1.29, 1.82) is 0 Å². The molecule has 3 nitrogen and oxygen atoms in total. The number of benzene rings is 1. The summed E-state index contributed by atoms with van der Waals surface area (Å²) >= 11 is 1.54. The molecular weight excluding hydrogens is 275 g/mol. The second kappa shape index (κ2) is 7.36. The summed E-state index contributed by atoms with van der Waals surface area (Å²) in [6.45, 7) is 5.41. The van der Waals surface area contributed by atoms with Crippen molar-refractivity contribution >= 4 is 11.3 Å². The fourth-order valence-electron chi connectivity index (χ4n) is 1.92. The van der Waals surface area contributed by atoms with Gasteiger partial charge in [0.25, 0.3) is 0 Å². The lowest BCUT2D eigenvalue weighted by molar-refractivity contribution is 0.295. The van der Waals surface area contributed by atoms with Gasteiger partial charge in [-0.05, 0) is 38.1 Å². The van der Waals surface area contributed by atoms with Gasteiger partial charge in [-0.3, -0.25) is 0 Å². The van der Waals surface area contributed by atoms with Crippen molar-refractivity contribution in [1.82, 2.24) is 10.3 Å². The smallest absolute Gasteiger partial charge is 0.131 e. The molecule has 1 heterocycles. The predicted molar refractivity (Wildman–Crippen MR) is 79.6 cm³/mol. The Morgan fingerprint density at radius 1 is 1.45 bits per heavy atom. The standard InChI is InChI=1S/C15H19FN2OS/c1-3-6-17-11(2)14-7-12(16)4-5-15(14)19-8-13-9-20-10-18-13/h4-5,7,9-11,17H,3,6,8H2,1-2H3. The van der Waals surface area contributed by atoms with E-state index in [2.05, 4.69) is 17.2 Å². The Morgan fingerprint density at radius 2 is 2.30 bits per heavy atom. The van der Waals surface area contributed by atoms with Gasteiger partial charge < -0.3 is 10.1 Å². The zero-order valence-electron chi connectivity index (χ0n) is 11.7. The fourth-order valence-corrected chi connectivity index (χ4v) is 2.46. The van der Waals surface area contributed by atoms with Crippen molar-refractivity contribution < 1.29 is 9.13 Å². The van der Waals surface area contributed by atoms with E-state index in [1.165, 1.54) is 23.5 Å². The van der Waals surface area contributed by atoms with Crippen molar-refractivity contribution in [3.05, 3.63) is 46.2 Å². The van der Waals surface area contributed by atoms with Gasteiger partial charge in [0.1, 0.15) is 18.2 Å². The highest BCUT2D eigenvalue weighted by atomic mass is 32.1. The second-order valence-corrected chi connectivity index (χ2v) is 5.35. The average Bonchev–Trinajstić information content (AvgIpc) is 2.96. The van der Waals surface area contributed by atoms with Crippen LogP contribution in [0.25, 0.3) is 0 Å². The van der Waals surface area contributed by atoms with Crippen LogP contribution >= 0.6 is 11.3 Å². The van der Waals surface area contributed by atoms with E-state index < -0.39 is 0 Å². The van der Waals surface area contributed by atoms with E-state index in [9.17, 15) is 4.39 Å². The first kappa shape index (κ1) is 14.9. The molecule has 0 bridgehead atoms. The zero-order chi connectivity index (χ0) is 14.4. The molecule has 0 aliphatic heterocycles. The molecule has 0 spiro atoms. The number of nitrogens with zero attached hydrogens (tertiary/aromatic N) is 1. The second-order valence-electron chi connectivity index (χ2n) is 4.63. The molecule has 0 fully saturated rings. The summed E-state index contributed by atoms with van der Waals surface area (Å²) in [6.07, 6.45) is 1.04. The zero-order valence-corrected chi connectivity index (χ0v) is 12.5. The molecule has 2 aromatic rings. The van der Waals surface area contributed by atoms with Crippen molar-refractivity contribution in [3.63, 3.8) is 0 Å². The van der Waals surface area contributed by atoms with Gasteiger partial charge in [-0.2, -0.15) is 0 Å². The summed E-state index contributed by atoms with van der Waals surface area (Å²) in [6, 6.07) is 4.69. The largest absolute Gasteiger partial charge is 0.487 e. The third-order valence-electron chi connectivity index (χ3n) is 3.00. The van der Waals surface area contributed by atoms with E-state index in [4.69, 9.17) is 4.74 Å². The van der Waals surface area contributed by atoms with Gasteiger partial charge in [0.15, 0.2) is 0 Å². The topological polar surface area (TPSA) is 34.1 Å². The number of rotatable bonds is 7. The normalized spacial score (nSPS) is 12.3. The number of thiazole rings is 1. The first-order chi connectivity index (χ1) is 9.70. The molecule has 2 rings (SSSR count).